The molecular weight excluding hydrogens is 434 g/mol. The van der Waals surface area contributed by atoms with Gasteiger partial charge < -0.3 is 9.80 Å². The Morgan fingerprint density at radius 1 is 1.03 bits per heavy atom. The zero-order chi connectivity index (χ0) is 24.3. The molecule has 35 heavy (non-hydrogen) atoms. The molecule has 2 aliphatic rings. The summed E-state index contributed by atoms with van der Waals surface area (Å²) in [5, 5.41) is 0. The van der Waals surface area contributed by atoms with E-state index in [4.69, 9.17) is 4.98 Å². The predicted molar refractivity (Wildman–Crippen MR) is 138 cm³/mol. The van der Waals surface area contributed by atoms with Crippen molar-refractivity contribution >= 4 is 11.9 Å². The number of hydrogen-bond acceptors (Lipinski definition) is 5. The zero-order valence-corrected chi connectivity index (χ0v) is 20.9. The first-order valence-corrected chi connectivity index (χ1v) is 12.8. The fourth-order valence-corrected chi connectivity index (χ4v) is 5.51. The molecule has 2 aromatic heterocycles. The maximum absolute atomic E-state index is 13.7. The predicted octanol–water partition coefficient (Wildman–Crippen LogP) is 4.78. The fourth-order valence-electron chi connectivity index (χ4n) is 5.51. The van der Waals surface area contributed by atoms with Crippen LogP contribution in [-0.4, -0.2) is 51.9 Å². The lowest BCUT2D eigenvalue weighted by Crippen LogP contribution is -2.51. The Labute approximate surface area is 208 Å². The van der Waals surface area contributed by atoms with E-state index in [0.29, 0.717) is 11.8 Å². The molecule has 2 aliphatic heterocycles. The summed E-state index contributed by atoms with van der Waals surface area (Å²) < 4.78 is 0. The minimum atomic E-state index is -0.326. The molecule has 1 amide bonds. The quantitative estimate of drug-likeness (QED) is 0.538. The first-order chi connectivity index (χ1) is 17.0. The van der Waals surface area contributed by atoms with Crippen molar-refractivity contribution in [1.29, 1.82) is 0 Å². The van der Waals surface area contributed by atoms with Crippen LogP contribution in [0, 0.1) is 12.3 Å². The highest BCUT2D eigenvalue weighted by Gasteiger charge is 2.41. The van der Waals surface area contributed by atoms with Gasteiger partial charge in [0.1, 0.15) is 0 Å². The number of anilines is 1. The van der Waals surface area contributed by atoms with Crippen molar-refractivity contribution in [3.05, 3.63) is 83.4 Å². The molecule has 0 N–H and O–H groups in total. The minimum absolute atomic E-state index is 0.298. The fraction of sp³-hybridized carbons (Fsp3) is 0.448. The number of aryl methyl sites for hydroxylation is 1. The molecule has 0 aliphatic carbocycles. The van der Waals surface area contributed by atoms with E-state index in [1.807, 2.05) is 6.07 Å². The second-order valence-corrected chi connectivity index (χ2v) is 10.4. The van der Waals surface area contributed by atoms with Crippen LogP contribution in [0.25, 0.3) is 0 Å². The van der Waals surface area contributed by atoms with Gasteiger partial charge in [-0.15, -0.1) is 0 Å². The van der Waals surface area contributed by atoms with E-state index in [1.165, 1.54) is 11.1 Å². The van der Waals surface area contributed by atoms with Crippen molar-refractivity contribution in [2.75, 3.05) is 31.1 Å². The molecule has 2 fully saturated rings. The summed E-state index contributed by atoms with van der Waals surface area (Å²) >= 11 is 0. The molecule has 4 heterocycles. The van der Waals surface area contributed by atoms with Gasteiger partial charge in [0.15, 0.2) is 0 Å². The van der Waals surface area contributed by atoms with Gasteiger partial charge >= 0.3 is 0 Å². The second kappa shape index (κ2) is 10.1. The molecule has 0 saturated carbocycles. The number of benzene rings is 1. The van der Waals surface area contributed by atoms with Gasteiger partial charge in [-0.1, -0.05) is 42.8 Å². The maximum atomic E-state index is 13.7. The lowest BCUT2D eigenvalue weighted by Gasteiger charge is -2.43. The van der Waals surface area contributed by atoms with Gasteiger partial charge in [-0.2, -0.15) is 0 Å². The molecule has 1 aromatic carbocycles. The van der Waals surface area contributed by atoms with E-state index in [9.17, 15) is 4.79 Å². The summed E-state index contributed by atoms with van der Waals surface area (Å²) in [5.74, 6) is 1.36. The van der Waals surface area contributed by atoms with Gasteiger partial charge in [-0.05, 0) is 56.4 Å². The van der Waals surface area contributed by atoms with E-state index in [-0.39, 0.29) is 5.41 Å². The summed E-state index contributed by atoms with van der Waals surface area (Å²) in [4.78, 5) is 31.8. The molecule has 182 valence electrons. The highest BCUT2D eigenvalue weighted by molar-refractivity contribution is 5.83. The number of likely N-dealkylation sites (tertiary alicyclic amines) is 1. The first-order valence-electron chi connectivity index (χ1n) is 12.8. The van der Waals surface area contributed by atoms with Crippen LogP contribution in [0.3, 0.4) is 0 Å². The van der Waals surface area contributed by atoms with Crippen LogP contribution in [0.4, 0.5) is 5.95 Å². The molecule has 5 rings (SSSR count). The smallest absolute Gasteiger partial charge is 0.228 e. The lowest BCUT2D eigenvalue weighted by molar-refractivity contribution is -0.143. The van der Waals surface area contributed by atoms with Crippen molar-refractivity contribution in [2.24, 2.45) is 5.41 Å². The van der Waals surface area contributed by atoms with Gasteiger partial charge in [-0.25, -0.2) is 9.97 Å². The number of carbonyl (C=O) groups excluding carboxylic acids is 1. The van der Waals surface area contributed by atoms with Crippen molar-refractivity contribution in [2.45, 2.75) is 51.9 Å². The molecule has 6 nitrogen and oxygen atoms in total. The Kier molecular flexibility index (Phi) is 6.80. The number of carbonyl (C=O) groups is 1. The van der Waals surface area contributed by atoms with E-state index in [2.05, 4.69) is 76.1 Å². The summed E-state index contributed by atoms with van der Waals surface area (Å²) in [7, 11) is 0. The van der Waals surface area contributed by atoms with Crippen LogP contribution < -0.4 is 4.90 Å². The summed E-state index contributed by atoms with van der Waals surface area (Å²) in [6.45, 7) is 7.50. The van der Waals surface area contributed by atoms with Gasteiger partial charge in [0.2, 0.25) is 11.9 Å². The number of nitrogens with zero attached hydrogens (tertiary/aromatic N) is 5. The van der Waals surface area contributed by atoms with Crippen molar-refractivity contribution in [3.63, 3.8) is 0 Å². The molecule has 0 spiro atoms. The lowest BCUT2D eigenvalue weighted by atomic mass is 9.78. The maximum Gasteiger partial charge on any atom is 0.228 e. The third-order valence-electron chi connectivity index (χ3n) is 7.64. The van der Waals surface area contributed by atoms with E-state index >= 15 is 0 Å². The number of amides is 1. The largest absolute Gasteiger partial charge is 0.342 e. The minimum Gasteiger partial charge on any atom is -0.342 e. The summed E-state index contributed by atoms with van der Waals surface area (Å²) in [5.41, 5.74) is 4.45. The van der Waals surface area contributed by atoms with Crippen LogP contribution in [0.1, 0.15) is 61.0 Å². The highest BCUT2D eigenvalue weighted by atomic mass is 16.2. The molecule has 0 bridgehead atoms. The van der Waals surface area contributed by atoms with Crippen LogP contribution in [0.15, 0.2) is 60.9 Å². The standard InChI is InChI=1S/C29H35N5O/c1-22-7-3-8-23(19-22)20-25-10-4-11-26(32-25)24-9-5-16-34(21-24)27(35)29(2)12-17-33(18-13-29)28-30-14-6-15-31-28/h3-4,6-8,10-11,14-15,19,24H,5,9,12-13,16-18,20-21H2,1-2H3/t24-/m0/s1. The summed E-state index contributed by atoms with van der Waals surface area (Å²) in [6, 6.07) is 16.8. The van der Waals surface area contributed by atoms with Crippen molar-refractivity contribution in [1.82, 2.24) is 19.9 Å². The average Bonchev–Trinajstić information content (AvgIpc) is 2.89. The van der Waals surface area contributed by atoms with Crippen LogP contribution in [0.5, 0.6) is 0 Å². The third kappa shape index (κ3) is 5.37. The van der Waals surface area contributed by atoms with E-state index in [1.54, 1.807) is 12.4 Å². The Morgan fingerprint density at radius 3 is 2.57 bits per heavy atom. The van der Waals surface area contributed by atoms with E-state index in [0.717, 1.165) is 75.6 Å². The Morgan fingerprint density at radius 2 is 1.80 bits per heavy atom. The molecule has 0 radical (unpaired) electrons. The van der Waals surface area contributed by atoms with Gasteiger partial charge in [-0.3, -0.25) is 9.78 Å². The SMILES string of the molecule is Cc1cccc(Cc2cccc([C@H]3CCCN(C(=O)C4(C)CCN(c5ncccn5)CC4)C3)n2)c1. The normalized spacial score (nSPS) is 20.0. The van der Waals surface area contributed by atoms with Gasteiger partial charge in [0.05, 0.1) is 0 Å². The highest BCUT2D eigenvalue weighted by Crippen LogP contribution is 2.36. The van der Waals surface area contributed by atoms with E-state index < -0.39 is 0 Å². The number of pyridine rings is 1. The monoisotopic (exact) mass is 469 g/mol. The number of rotatable bonds is 5. The summed E-state index contributed by atoms with van der Waals surface area (Å²) in [6.07, 6.45) is 8.16. The van der Waals surface area contributed by atoms with Crippen molar-refractivity contribution < 1.29 is 4.79 Å². The number of hydrogen-bond donors (Lipinski definition) is 0. The Bertz CT molecular complexity index is 1160. The molecule has 1 atom stereocenters. The van der Waals surface area contributed by atoms with Gasteiger partial charge in [0, 0.05) is 67.7 Å². The zero-order valence-electron chi connectivity index (χ0n) is 20.9. The Hall–Kier alpha value is -3.28. The molecule has 0 unspecified atom stereocenters. The topological polar surface area (TPSA) is 62.2 Å². The molecular formula is C29H35N5O. The molecule has 2 saturated heterocycles. The van der Waals surface area contributed by atoms with Crippen LogP contribution in [-0.2, 0) is 11.2 Å². The second-order valence-electron chi connectivity index (χ2n) is 10.4. The van der Waals surface area contributed by atoms with Crippen molar-refractivity contribution in [3.8, 4) is 0 Å². The third-order valence-corrected chi connectivity index (χ3v) is 7.64. The first kappa shape index (κ1) is 23.5. The average molecular weight is 470 g/mol. The number of aromatic nitrogens is 3. The molecule has 6 heteroatoms. The van der Waals surface area contributed by atoms with Crippen LogP contribution in [0.2, 0.25) is 0 Å². The number of piperidine rings is 2. The molecule has 3 aromatic rings. The van der Waals surface area contributed by atoms with Crippen LogP contribution >= 0.6 is 0 Å². The Balaban J connectivity index is 1.23. The van der Waals surface area contributed by atoms with Gasteiger partial charge in [0.25, 0.3) is 0 Å².